The summed E-state index contributed by atoms with van der Waals surface area (Å²) in [4.78, 5) is 13.6. The van der Waals surface area contributed by atoms with Crippen molar-refractivity contribution in [1.82, 2.24) is 9.55 Å². The van der Waals surface area contributed by atoms with Gasteiger partial charge in [-0.05, 0) is 36.8 Å². The lowest BCUT2D eigenvalue weighted by molar-refractivity contribution is 0.936. The zero-order valence-corrected chi connectivity index (χ0v) is 9.04. The molecule has 0 saturated heterocycles. The minimum Gasteiger partial charge on any atom is -0.299 e. The maximum Gasteiger partial charge on any atom is 0.251 e. The number of nitrogens with one attached hydrogen (secondary N) is 1. The van der Waals surface area contributed by atoms with Crippen molar-refractivity contribution in [3.63, 3.8) is 0 Å². The number of hydrogen-bond donors (Lipinski definition) is 1. The molecule has 0 saturated carbocycles. The molecule has 0 radical (unpaired) electrons. The molecule has 0 spiro atoms. The second-order valence-corrected chi connectivity index (χ2v) is 3.71. The van der Waals surface area contributed by atoms with Crippen LogP contribution in [0.15, 0.2) is 41.3 Å². The third kappa shape index (κ3) is 2.05. The second kappa shape index (κ2) is 3.82. The Labute approximate surface area is 92.0 Å². The minimum absolute atomic E-state index is 0.177. The van der Waals surface area contributed by atoms with E-state index >= 15 is 0 Å². The summed E-state index contributed by atoms with van der Waals surface area (Å²) in [5.41, 5.74) is 1.93. The molecule has 1 aromatic heterocycles. The van der Waals surface area contributed by atoms with Crippen LogP contribution in [0.1, 0.15) is 5.56 Å². The van der Waals surface area contributed by atoms with Gasteiger partial charge in [-0.15, -0.1) is 0 Å². The van der Waals surface area contributed by atoms with Crippen LogP contribution in [0.5, 0.6) is 0 Å². The van der Waals surface area contributed by atoms with E-state index in [1.165, 1.54) is 6.07 Å². The van der Waals surface area contributed by atoms with Gasteiger partial charge in [-0.2, -0.15) is 0 Å². The lowest BCUT2D eigenvalue weighted by atomic mass is 10.2. The Morgan fingerprint density at radius 3 is 2.80 bits per heavy atom. The average molecular weight is 218 g/mol. The first kappa shape index (κ1) is 9.86. The number of aromatic nitrogens is 2. The van der Waals surface area contributed by atoms with Crippen LogP contribution in [-0.2, 0) is 0 Å². The summed E-state index contributed by atoms with van der Waals surface area (Å²) in [6, 6.07) is 9.38. The van der Waals surface area contributed by atoms with Crippen LogP contribution >= 0.6 is 12.2 Å². The average Bonchev–Trinajstić information content (AvgIpc) is 2.17. The summed E-state index contributed by atoms with van der Waals surface area (Å²) in [6.07, 6.45) is 1.68. The van der Waals surface area contributed by atoms with Crippen LogP contribution in [-0.4, -0.2) is 9.55 Å². The van der Waals surface area contributed by atoms with Gasteiger partial charge in [0.05, 0.1) is 0 Å². The molecule has 1 N–H and O–H groups in total. The molecule has 0 unspecified atom stereocenters. The molecule has 0 amide bonds. The maximum absolute atomic E-state index is 11.0. The number of hydrogen-bond acceptors (Lipinski definition) is 2. The topological polar surface area (TPSA) is 37.8 Å². The van der Waals surface area contributed by atoms with E-state index in [1.54, 1.807) is 10.8 Å². The lowest BCUT2D eigenvalue weighted by Crippen LogP contribution is -2.09. The van der Waals surface area contributed by atoms with Gasteiger partial charge in [0, 0.05) is 18.0 Å². The number of nitrogens with zero attached hydrogens (tertiary/aromatic N) is 1. The zero-order chi connectivity index (χ0) is 10.8. The van der Waals surface area contributed by atoms with E-state index in [-0.39, 0.29) is 5.56 Å². The van der Waals surface area contributed by atoms with E-state index in [0.29, 0.717) is 4.77 Å². The minimum atomic E-state index is -0.177. The summed E-state index contributed by atoms with van der Waals surface area (Å²) >= 11 is 5.07. The molecule has 0 aliphatic carbocycles. The number of benzene rings is 1. The van der Waals surface area contributed by atoms with Gasteiger partial charge in [0.2, 0.25) is 0 Å². The van der Waals surface area contributed by atoms with Gasteiger partial charge in [0.1, 0.15) is 0 Å². The summed E-state index contributed by atoms with van der Waals surface area (Å²) < 4.78 is 2.18. The second-order valence-electron chi connectivity index (χ2n) is 3.32. The molecule has 0 aliphatic heterocycles. The van der Waals surface area contributed by atoms with Crippen molar-refractivity contribution in [2.24, 2.45) is 0 Å². The quantitative estimate of drug-likeness (QED) is 0.745. The largest absolute Gasteiger partial charge is 0.299 e. The highest BCUT2D eigenvalue weighted by molar-refractivity contribution is 7.71. The van der Waals surface area contributed by atoms with E-state index in [0.717, 1.165) is 11.3 Å². The van der Waals surface area contributed by atoms with Crippen molar-refractivity contribution in [3.05, 3.63) is 57.2 Å². The van der Waals surface area contributed by atoms with Gasteiger partial charge < -0.3 is 0 Å². The van der Waals surface area contributed by atoms with Crippen LogP contribution < -0.4 is 5.56 Å². The SMILES string of the molecule is Cc1cccc(-n2ccc(=O)[nH]c2=S)c1. The fourth-order valence-electron chi connectivity index (χ4n) is 1.40. The molecule has 2 aromatic rings. The van der Waals surface area contributed by atoms with E-state index in [1.807, 2.05) is 31.2 Å². The Bertz CT molecular complexity index is 598. The smallest absolute Gasteiger partial charge is 0.251 e. The van der Waals surface area contributed by atoms with Gasteiger partial charge >= 0.3 is 0 Å². The van der Waals surface area contributed by atoms with Gasteiger partial charge in [0.25, 0.3) is 5.56 Å². The monoisotopic (exact) mass is 218 g/mol. The summed E-state index contributed by atoms with van der Waals surface area (Å²) in [7, 11) is 0. The molecule has 76 valence electrons. The number of H-pyrrole nitrogens is 1. The van der Waals surface area contributed by atoms with Gasteiger partial charge in [-0.1, -0.05) is 12.1 Å². The summed E-state index contributed by atoms with van der Waals surface area (Å²) in [5.74, 6) is 0. The van der Waals surface area contributed by atoms with Crippen molar-refractivity contribution in [3.8, 4) is 5.69 Å². The maximum atomic E-state index is 11.0. The Morgan fingerprint density at radius 1 is 1.33 bits per heavy atom. The van der Waals surface area contributed by atoms with E-state index in [2.05, 4.69) is 4.98 Å². The van der Waals surface area contributed by atoms with Crippen molar-refractivity contribution in [2.75, 3.05) is 0 Å². The predicted molar refractivity (Wildman–Crippen MR) is 62.0 cm³/mol. The molecule has 15 heavy (non-hydrogen) atoms. The molecule has 1 heterocycles. The normalized spacial score (nSPS) is 10.2. The van der Waals surface area contributed by atoms with Crippen LogP contribution in [0.2, 0.25) is 0 Å². The van der Waals surface area contributed by atoms with Gasteiger partial charge in [-0.25, -0.2) is 0 Å². The standard InChI is InChI=1S/C11H10N2OS/c1-8-3-2-4-9(7-8)13-6-5-10(14)12-11(13)15/h2-7H,1H3,(H,12,14,15). The molecule has 0 bridgehead atoms. The van der Waals surface area contributed by atoms with Gasteiger partial charge in [0.15, 0.2) is 4.77 Å². The molecule has 1 aromatic carbocycles. The molecular formula is C11H10N2OS. The van der Waals surface area contributed by atoms with Crippen molar-refractivity contribution in [1.29, 1.82) is 0 Å². The molecule has 2 rings (SSSR count). The Hall–Kier alpha value is -1.68. The third-order valence-electron chi connectivity index (χ3n) is 2.10. The molecule has 3 nitrogen and oxygen atoms in total. The highest BCUT2D eigenvalue weighted by atomic mass is 32.1. The highest BCUT2D eigenvalue weighted by Crippen LogP contribution is 2.08. The van der Waals surface area contributed by atoms with Gasteiger partial charge in [-0.3, -0.25) is 14.3 Å². The van der Waals surface area contributed by atoms with Crippen LogP contribution in [0.25, 0.3) is 5.69 Å². The molecule has 0 aliphatic rings. The third-order valence-corrected chi connectivity index (χ3v) is 2.40. The van der Waals surface area contributed by atoms with Crippen LogP contribution in [0.4, 0.5) is 0 Å². The van der Waals surface area contributed by atoms with E-state index in [9.17, 15) is 4.79 Å². The number of rotatable bonds is 1. The number of aromatic amines is 1. The Kier molecular flexibility index (Phi) is 2.51. The van der Waals surface area contributed by atoms with Crippen LogP contribution in [0, 0.1) is 11.7 Å². The molecule has 0 atom stereocenters. The van der Waals surface area contributed by atoms with Crippen LogP contribution in [0.3, 0.4) is 0 Å². The Morgan fingerprint density at radius 2 is 2.13 bits per heavy atom. The highest BCUT2D eigenvalue weighted by Gasteiger charge is 1.96. The predicted octanol–water partition coefficient (Wildman–Crippen LogP) is 2.20. The van der Waals surface area contributed by atoms with E-state index in [4.69, 9.17) is 12.2 Å². The first-order chi connectivity index (χ1) is 7.16. The molecular weight excluding hydrogens is 208 g/mol. The molecule has 0 fully saturated rings. The molecule has 4 heteroatoms. The van der Waals surface area contributed by atoms with Crippen molar-refractivity contribution < 1.29 is 0 Å². The lowest BCUT2D eigenvalue weighted by Gasteiger charge is -2.06. The van der Waals surface area contributed by atoms with E-state index < -0.39 is 0 Å². The first-order valence-electron chi connectivity index (χ1n) is 4.56. The van der Waals surface area contributed by atoms with Crippen molar-refractivity contribution >= 4 is 12.2 Å². The van der Waals surface area contributed by atoms with Crippen molar-refractivity contribution in [2.45, 2.75) is 6.92 Å². The fraction of sp³-hybridized carbons (Fsp3) is 0.0909. The zero-order valence-electron chi connectivity index (χ0n) is 8.23. The Balaban J connectivity index is 2.64. The fourth-order valence-corrected chi connectivity index (χ4v) is 1.67. The summed E-state index contributed by atoms with van der Waals surface area (Å²) in [5, 5.41) is 0. The first-order valence-corrected chi connectivity index (χ1v) is 4.97. The number of aryl methyl sites for hydroxylation is 1. The summed E-state index contributed by atoms with van der Waals surface area (Å²) in [6.45, 7) is 2.01.